The maximum absolute atomic E-state index is 10.5. The van der Waals surface area contributed by atoms with Gasteiger partial charge < -0.3 is 20.3 Å². The van der Waals surface area contributed by atoms with Crippen molar-refractivity contribution in [1.82, 2.24) is 5.32 Å². The summed E-state index contributed by atoms with van der Waals surface area (Å²) in [6.45, 7) is 0.170. The largest absolute Gasteiger partial charge is 0.482 e. The van der Waals surface area contributed by atoms with Crippen molar-refractivity contribution in [2.75, 3.05) is 13.2 Å². The first kappa shape index (κ1) is 19.7. The fraction of sp³-hybridized carbons (Fsp3) is 0.381. The number of carboxylic acid groups (broad SMARTS) is 1. The number of halogens is 1. The van der Waals surface area contributed by atoms with E-state index in [0.29, 0.717) is 29.3 Å². The van der Waals surface area contributed by atoms with E-state index in [1.165, 1.54) is 5.56 Å². The number of carbonyl (C=O) groups is 1. The lowest BCUT2D eigenvalue weighted by Gasteiger charge is -2.17. The highest BCUT2D eigenvalue weighted by Gasteiger charge is 2.26. The first-order valence-electron chi connectivity index (χ1n) is 9.12. The van der Waals surface area contributed by atoms with Crippen LogP contribution in [0.15, 0.2) is 48.5 Å². The van der Waals surface area contributed by atoms with Crippen molar-refractivity contribution in [3.8, 4) is 5.75 Å². The summed E-state index contributed by atoms with van der Waals surface area (Å²) in [6, 6.07) is 15.3. The van der Waals surface area contributed by atoms with E-state index < -0.39 is 12.1 Å². The number of nitrogens with one attached hydrogen (secondary N) is 1. The molecule has 27 heavy (non-hydrogen) atoms. The number of ether oxygens (including phenoxy) is 1. The molecule has 5 nitrogen and oxygen atoms in total. The third-order valence-corrected chi connectivity index (χ3v) is 5.21. The van der Waals surface area contributed by atoms with Gasteiger partial charge in [0.05, 0.1) is 6.10 Å². The summed E-state index contributed by atoms with van der Waals surface area (Å²) in [5.41, 5.74) is 2.05. The van der Waals surface area contributed by atoms with Crippen molar-refractivity contribution in [2.24, 2.45) is 0 Å². The highest BCUT2D eigenvalue weighted by Crippen LogP contribution is 2.35. The van der Waals surface area contributed by atoms with Gasteiger partial charge >= 0.3 is 5.97 Å². The molecule has 1 fully saturated rings. The van der Waals surface area contributed by atoms with Crippen molar-refractivity contribution in [3.05, 3.63) is 64.7 Å². The van der Waals surface area contributed by atoms with Crippen LogP contribution in [0.5, 0.6) is 5.75 Å². The van der Waals surface area contributed by atoms with Gasteiger partial charge in [-0.15, -0.1) is 0 Å². The highest BCUT2D eigenvalue weighted by molar-refractivity contribution is 6.30. The summed E-state index contributed by atoms with van der Waals surface area (Å²) in [6.07, 6.45) is 2.58. The van der Waals surface area contributed by atoms with Gasteiger partial charge in [0.2, 0.25) is 0 Å². The number of carboxylic acids is 1. The SMILES string of the molecule is O=C(O)COc1ccc(C2CCC(NCC(O)c3cccc(Cl)c3)C2)cc1. The molecule has 1 saturated carbocycles. The second kappa shape index (κ2) is 9.22. The van der Waals surface area contributed by atoms with Crippen molar-refractivity contribution >= 4 is 17.6 Å². The number of rotatable bonds is 8. The molecule has 2 aromatic rings. The topological polar surface area (TPSA) is 78.8 Å². The van der Waals surface area contributed by atoms with E-state index in [2.05, 4.69) is 5.32 Å². The minimum atomic E-state index is -0.983. The Morgan fingerprint density at radius 2 is 2.00 bits per heavy atom. The maximum atomic E-state index is 10.5. The van der Waals surface area contributed by atoms with E-state index >= 15 is 0 Å². The highest BCUT2D eigenvalue weighted by atomic mass is 35.5. The van der Waals surface area contributed by atoms with E-state index in [1.807, 2.05) is 36.4 Å². The monoisotopic (exact) mass is 389 g/mol. The normalized spacial score (nSPS) is 20.4. The molecule has 0 aromatic heterocycles. The van der Waals surface area contributed by atoms with Crippen LogP contribution in [0.4, 0.5) is 0 Å². The van der Waals surface area contributed by atoms with Crippen LogP contribution in [0.25, 0.3) is 0 Å². The molecule has 3 atom stereocenters. The minimum Gasteiger partial charge on any atom is -0.482 e. The third kappa shape index (κ3) is 5.70. The molecule has 0 aliphatic heterocycles. The molecular weight excluding hydrogens is 366 g/mol. The van der Waals surface area contributed by atoms with Gasteiger partial charge in [0.25, 0.3) is 0 Å². The molecule has 2 aromatic carbocycles. The Hall–Kier alpha value is -2.08. The van der Waals surface area contributed by atoms with Crippen molar-refractivity contribution in [1.29, 1.82) is 0 Å². The van der Waals surface area contributed by atoms with Gasteiger partial charge in [0, 0.05) is 17.6 Å². The Balaban J connectivity index is 1.47. The first-order chi connectivity index (χ1) is 13.0. The van der Waals surface area contributed by atoms with E-state index in [-0.39, 0.29) is 6.61 Å². The first-order valence-corrected chi connectivity index (χ1v) is 9.50. The van der Waals surface area contributed by atoms with Crippen LogP contribution >= 0.6 is 11.6 Å². The second-order valence-corrected chi connectivity index (χ2v) is 7.37. The molecule has 0 bridgehead atoms. The average molecular weight is 390 g/mol. The van der Waals surface area contributed by atoms with Gasteiger partial charge in [0.15, 0.2) is 6.61 Å². The smallest absolute Gasteiger partial charge is 0.341 e. The van der Waals surface area contributed by atoms with Crippen LogP contribution < -0.4 is 10.1 Å². The Kier molecular flexibility index (Phi) is 6.72. The van der Waals surface area contributed by atoms with Crippen LogP contribution in [-0.2, 0) is 4.79 Å². The summed E-state index contributed by atoms with van der Waals surface area (Å²) in [7, 11) is 0. The van der Waals surface area contributed by atoms with Crippen LogP contribution in [0.2, 0.25) is 5.02 Å². The number of benzene rings is 2. The maximum Gasteiger partial charge on any atom is 0.341 e. The zero-order valence-corrected chi connectivity index (χ0v) is 15.7. The van der Waals surface area contributed by atoms with Gasteiger partial charge in [-0.2, -0.15) is 0 Å². The Labute approximate surface area is 163 Å². The fourth-order valence-electron chi connectivity index (χ4n) is 3.56. The number of aliphatic hydroxyl groups excluding tert-OH is 1. The molecule has 3 unspecified atom stereocenters. The van der Waals surface area contributed by atoms with E-state index in [9.17, 15) is 9.90 Å². The zero-order chi connectivity index (χ0) is 19.2. The number of aliphatic carboxylic acids is 1. The molecule has 1 aliphatic rings. The molecule has 0 heterocycles. The molecule has 0 radical (unpaired) electrons. The summed E-state index contributed by atoms with van der Waals surface area (Å²) in [5.74, 6) is 0.0431. The Bertz CT molecular complexity index is 765. The Morgan fingerprint density at radius 3 is 2.70 bits per heavy atom. The van der Waals surface area contributed by atoms with Crippen LogP contribution in [0.3, 0.4) is 0 Å². The third-order valence-electron chi connectivity index (χ3n) is 4.98. The van der Waals surface area contributed by atoms with Gasteiger partial charge in [-0.3, -0.25) is 0 Å². The molecule has 0 spiro atoms. The molecule has 144 valence electrons. The fourth-order valence-corrected chi connectivity index (χ4v) is 3.76. The van der Waals surface area contributed by atoms with Gasteiger partial charge in [0.1, 0.15) is 5.75 Å². The average Bonchev–Trinajstić information content (AvgIpc) is 3.14. The molecule has 3 rings (SSSR count). The number of aliphatic hydroxyl groups is 1. The van der Waals surface area contributed by atoms with E-state index in [4.69, 9.17) is 21.4 Å². The lowest BCUT2D eigenvalue weighted by molar-refractivity contribution is -0.139. The number of hydrogen-bond donors (Lipinski definition) is 3. The van der Waals surface area contributed by atoms with Gasteiger partial charge in [-0.05, 0) is 60.6 Å². The molecule has 0 saturated heterocycles. The van der Waals surface area contributed by atoms with E-state index in [1.54, 1.807) is 12.1 Å². The molecule has 6 heteroatoms. The zero-order valence-electron chi connectivity index (χ0n) is 15.0. The summed E-state index contributed by atoms with van der Waals surface area (Å²) in [5, 5.41) is 23.1. The number of hydrogen-bond acceptors (Lipinski definition) is 4. The molecule has 3 N–H and O–H groups in total. The predicted molar refractivity (Wildman–Crippen MR) is 104 cm³/mol. The summed E-state index contributed by atoms with van der Waals surface area (Å²) < 4.78 is 5.17. The van der Waals surface area contributed by atoms with Crippen LogP contribution in [0.1, 0.15) is 42.4 Å². The molecule has 1 aliphatic carbocycles. The predicted octanol–water partition coefficient (Wildman–Crippen LogP) is 3.76. The van der Waals surface area contributed by atoms with Crippen molar-refractivity contribution in [2.45, 2.75) is 37.3 Å². The Morgan fingerprint density at radius 1 is 1.22 bits per heavy atom. The molecule has 0 amide bonds. The van der Waals surface area contributed by atoms with Crippen molar-refractivity contribution < 1.29 is 19.7 Å². The second-order valence-electron chi connectivity index (χ2n) is 6.94. The van der Waals surface area contributed by atoms with E-state index in [0.717, 1.165) is 24.8 Å². The van der Waals surface area contributed by atoms with Crippen LogP contribution in [-0.4, -0.2) is 35.4 Å². The van der Waals surface area contributed by atoms with Crippen LogP contribution in [0, 0.1) is 0 Å². The quantitative estimate of drug-likeness (QED) is 0.640. The summed E-state index contributed by atoms with van der Waals surface area (Å²) >= 11 is 5.98. The minimum absolute atomic E-state index is 0.330. The van der Waals surface area contributed by atoms with Gasteiger partial charge in [-0.1, -0.05) is 35.9 Å². The van der Waals surface area contributed by atoms with Gasteiger partial charge in [-0.25, -0.2) is 4.79 Å². The molecular formula is C21H24ClNO4. The lowest BCUT2D eigenvalue weighted by atomic mass is 9.97. The summed E-state index contributed by atoms with van der Waals surface area (Å²) in [4.78, 5) is 10.5. The van der Waals surface area contributed by atoms with Crippen molar-refractivity contribution in [3.63, 3.8) is 0 Å². The standard InChI is InChI=1S/C21H24ClNO4/c22-17-3-1-2-16(10-17)20(24)12-23-18-7-4-15(11-18)14-5-8-19(9-6-14)27-13-21(25)26/h1-3,5-6,8-10,15,18,20,23-24H,4,7,11-13H2,(H,25,26). The lowest BCUT2D eigenvalue weighted by Crippen LogP contribution is -2.30.